The summed E-state index contributed by atoms with van der Waals surface area (Å²) in [6.45, 7) is 5.72. The third kappa shape index (κ3) is 5.56. The number of benzene rings is 2. The molecule has 3 nitrogen and oxygen atoms in total. The predicted molar refractivity (Wildman–Crippen MR) is 110 cm³/mol. The minimum Gasteiger partial charge on any atom is -0.351 e. The van der Waals surface area contributed by atoms with Crippen LogP contribution in [-0.4, -0.2) is 16.5 Å². The van der Waals surface area contributed by atoms with Crippen molar-refractivity contribution in [3.8, 4) is 11.3 Å². The molecular formula is C23H24F3N3. The number of hydrogen-bond acceptors (Lipinski definition) is 3. The Hall–Kier alpha value is -2.89. The molecule has 3 rings (SSSR count). The van der Waals surface area contributed by atoms with Gasteiger partial charge < -0.3 is 4.90 Å². The lowest BCUT2D eigenvalue weighted by Crippen LogP contribution is -2.25. The van der Waals surface area contributed by atoms with Crippen LogP contribution in [0.5, 0.6) is 0 Å². The molecule has 0 amide bonds. The molecule has 0 fully saturated rings. The minimum atomic E-state index is -4.35. The van der Waals surface area contributed by atoms with Crippen LogP contribution in [-0.2, 0) is 12.7 Å². The Morgan fingerprint density at radius 1 is 1.00 bits per heavy atom. The minimum absolute atomic E-state index is 0.557. The fourth-order valence-corrected chi connectivity index (χ4v) is 3.13. The molecule has 0 saturated heterocycles. The number of hydrogen-bond donors (Lipinski definition) is 0. The summed E-state index contributed by atoms with van der Waals surface area (Å²) in [6, 6.07) is 13.3. The van der Waals surface area contributed by atoms with Crippen LogP contribution in [0.1, 0.15) is 36.5 Å². The van der Waals surface area contributed by atoms with Crippen molar-refractivity contribution in [2.75, 3.05) is 11.4 Å². The Bertz CT molecular complexity index is 937. The zero-order valence-corrected chi connectivity index (χ0v) is 16.6. The van der Waals surface area contributed by atoms with Crippen molar-refractivity contribution in [2.45, 2.75) is 39.4 Å². The van der Waals surface area contributed by atoms with Gasteiger partial charge in [0.15, 0.2) is 0 Å². The summed E-state index contributed by atoms with van der Waals surface area (Å²) in [5, 5.41) is 0. The second-order valence-corrected chi connectivity index (χ2v) is 7.10. The standard InChI is InChI=1S/C23H24F3N3/c1-3-4-12-29(16-18-7-5-6-17(2)13-18)22-15-27-14-21(28-22)19-8-10-20(11-9-19)23(24,25)26/h5-11,13-15H,3-4,12,16H2,1-2H3. The van der Waals surface area contributed by atoms with E-state index in [-0.39, 0.29) is 0 Å². The van der Waals surface area contributed by atoms with Gasteiger partial charge in [-0.05, 0) is 31.0 Å². The first-order chi connectivity index (χ1) is 13.9. The Labute approximate surface area is 169 Å². The molecule has 0 radical (unpaired) electrons. The molecule has 1 heterocycles. The number of anilines is 1. The quantitative estimate of drug-likeness (QED) is 0.468. The second kappa shape index (κ2) is 9.07. The first-order valence-electron chi connectivity index (χ1n) is 9.67. The molecule has 6 heteroatoms. The van der Waals surface area contributed by atoms with E-state index in [1.54, 1.807) is 12.4 Å². The lowest BCUT2D eigenvalue weighted by molar-refractivity contribution is -0.137. The summed E-state index contributed by atoms with van der Waals surface area (Å²) in [4.78, 5) is 11.1. The molecule has 3 aromatic rings. The second-order valence-electron chi connectivity index (χ2n) is 7.10. The highest BCUT2D eigenvalue weighted by Gasteiger charge is 2.30. The summed E-state index contributed by atoms with van der Waals surface area (Å²) in [5.41, 5.74) is 2.88. The van der Waals surface area contributed by atoms with E-state index >= 15 is 0 Å². The summed E-state index contributed by atoms with van der Waals surface area (Å²) < 4.78 is 38.4. The van der Waals surface area contributed by atoms with Gasteiger partial charge in [0.1, 0.15) is 5.82 Å². The molecule has 0 unspecified atom stereocenters. The Morgan fingerprint density at radius 3 is 2.41 bits per heavy atom. The molecule has 0 spiro atoms. The number of unbranched alkanes of at least 4 members (excludes halogenated alkanes) is 1. The molecule has 0 aliphatic heterocycles. The summed E-state index contributed by atoms with van der Waals surface area (Å²) in [6.07, 6.45) is 1.00. The van der Waals surface area contributed by atoms with Crippen molar-refractivity contribution in [2.24, 2.45) is 0 Å². The summed E-state index contributed by atoms with van der Waals surface area (Å²) >= 11 is 0. The molecule has 0 aliphatic rings. The maximum absolute atomic E-state index is 12.8. The molecule has 0 bridgehead atoms. The van der Waals surface area contributed by atoms with E-state index in [4.69, 9.17) is 0 Å². The van der Waals surface area contributed by atoms with Gasteiger partial charge >= 0.3 is 6.18 Å². The maximum Gasteiger partial charge on any atom is 0.416 e. The number of aromatic nitrogens is 2. The highest BCUT2D eigenvalue weighted by Crippen LogP contribution is 2.31. The van der Waals surface area contributed by atoms with Gasteiger partial charge in [-0.1, -0.05) is 55.3 Å². The van der Waals surface area contributed by atoms with E-state index in [1.165, 1.54) is 23.3 Å². The van der Waals surface area contributed by atoms with Gasteiger partial charge in [-0.25, -0.2) is 4.98 Å². The van der Waals surface area contributed by atoms with Gasteiger partial charge in [0.25, 0.3) is 0 Å². The van der Waals surface area contributed by atoms with E-state index in [1.807, 2.05) is 6.07 Å². The lowest BCUT2D eigenvalue weighted by atomic mass is 10.1. The van der Waals surface area contributed by atoms with Gasteiger partial charge in [-0.3, -0.25) is 4.98 Å². The predicted octanol–water partition coefficient (Wildman–Crippen LogP) is 6.28. The molecular weight excluding hydrogens is 375 g/mol. The van der Waals surface area contributed by atoms with Crippen LogP contribution in [0, 0.1) is 6.92 Å². The smallest absolute Gasteiger partial charge is 0.351 e. The van der Waals surface area contributed by atoms with Gasteiger partial charge in [0, 0.05) is 18.7 Å². The van der Waals surface area contributed by atoms with Crippen LogP contribution in [0.2, 0.25) is 0 Å². The first-order valence-corrected chi connectivity index (χ1v) is 9.67. The fourth-order valence-electron chi connectivity index (χ4n) is 3.13. The van der Waals surface area contributed by atoms with E-state index in [0.29, 0.717) is 17.8 Å². The van der Waals surface area contributed by atoms with Gasteiger partial charge in [0.2, 0.25) is 0 Å². The van der Waals surface area contributed by atoms with Crippen molar-refractivity contribution in [1.82, 2.24) is 9.97 Å². The monoisotopic (exact) mass is 399 g/mol. The van der Waals surface area contributed by atoms with Crippen molar-refractivity contribution in [3.63, 3.8) is 0 Å². The normalized spacial score (nSPS) is 11.5. The Morgan fingerprint density at radius 2 is 1.76 bits per heavy atom. The van der Waals surface area contributed by atoms with Crippen LogP contribution in [0.3, 0.4) is 0 Å². The Kier molecular flexibility index (Phi) is 6.52. The number of alkyl halides is 3. The van der Waals surface area contributed by atoms with Crippen molar-refractivity contribution in [3.05, 3.63) is 77.6 Å². The lowest BCUT2D eigenvalue weighted by Gasteiger charge is -2.24. The third-order valence-electron chi connectivity index (χ3n) is 4.69. The van der Waals surface area contributed by atoms with Crippen LogP contribution in [0.25, 0.3) is 11.3 Å². The van der Waals surface area contributed by atoms with Crippen LogP contribution >= 0.6 is 0 Å². The average Bonchev–Trinajstić information content (AvgIpc) is 2.71. The molecule has 0 saturated carbocycles. The topological polar surface area (TPSA) is 29.0 Å². The molecule has 0 aliphatic carbocycles. The fraction of sp³-hybridized carbons (Fsp3) is 0.304. The van der Waals surface area contributed by atoms with E-state index in [0.717, 1.165) is 37.3 Å². The van der Waals surface area contributed by atoms with Crippen LogP contribution in [0.15, 0.2) is 60.9 Å². The molecule has 29 heavy (non-hydrogen) atoms. The number of halogens is 3. The molecule has 0 atom stereocenters. The Balaban J connectivity index is 1.87. The summed E-state index contributed by atoms with van der Waals surface area (Å²) in [5.74, 6) is 0.720. The van der Waals surface area contributed by atoms with Crippen molar-refractivity contribution in [1.29, 1.82) is 0 Å². The van der Waals surface area contributed by atoms with E-state index in [2.05, 4.69) is 46.9 Å². The van der Waals surface area contributed by atoms with Crippen molar-refractivity contribution >= 4 is 5.82 Å². The number of nitrogens with zero attached hydrogens (tertiary/aromatic N) is 3. The van der Waals surface area contributed by atoms with Crippen molar-refractivity contribution < 1.29 is 13.2 Å². The zero-order valence-electron chi connectivity index (χ0n) is 16.6. The maximum atomic E-state index is 12.8. The highest BCUT2D eigenvalue weighted by atomic mass is 19.4. The highest BCUT2D eigenvalue weighted by molar-refractivity contribution is 5.60. The molecule has 2 aromatic carbocycles. The summed E-state index contributed by atoms with van der Waals surface area (Å²) in [7, 11) is 0. The average molecular weight is 399 g/mol. The molecule has 1 aromatic heterocycles. The SMILES string of the molecule is CCCCN(Cc1cccc(C)c1)c1cncc(-c2ccc(C(F)(F)F)cc2)n1. The first kappa shape index (κ1) is 20.8. The van der Waals surface area contributed by atoms with E-state index in [9.17, 15) is 13.2 Å². The van der Waals surface area contributed by atoms with Gasteiger partial charge in [-0.15, -0.1) is 0 Å². The van der Waals surface area contributed by atoms with Gasteiger partial charge in [-0.2, -0.15) is 13.2 Å². The third-order valence-corrected chi connectivity index (χ3v) is 4.69. The zero-order chi connectivity index (χ0) is 20.9. The van der Waals surface area contributed by atoms with Crippen LogP contribution in [0.4, 0.5) is 19.0 Å². The molecule has 152 valence electrons. The number of rotatable bonds is 7. The number of aryl methyl sites for hydroxylation is 1. The van der Waals surface area contributed by atoms with Crippen LogP contribution < -0.4 is 4.90 Å². The van der Waals surface area contributed by atoms with E-state index < -0.39 is 11.7 Å². The van der Waals surface area contributed by atoms with Gasteiger partial charge in [0.05, 0.1) is 23.7 Å². The molecule has 0 N–H and O–H groups in total. The largest absolute Gasteiger partial charge is 0.416 e.